The van der Waals surface area contributed by atoms with Crippen LogP contribution in [0.1, 0.15) is 48.9 Å². The Bertz CT molecular complexity index is 1080. The Balaban J connectivity index is 2.07. The molecule has 2 aromatic rings. The third kappa shape index (κ3) is 4.60. The van der Waals surface area contributed by atoms with Gasteiger partial charge in [0.15, 0.2) is 5.75 Å². The van der Waals surface area contributed by atoms with E-state index in [9.17, 15) is 19.5 Å². The highest BCUT2D eigenvalue weighted by Gasteiger charge is 2.23. The lowest BCUT2D eigenvalue weighted by atomic mass is 10.1. The maximum absolute atomic E-state index is 13.1. The van der Waals surface area contributed by atoms with Gasteiger partial charge in [0.1, 0.15) is 11.4 Å². The number of carbonyl (C=O) groups excluding carboxylic acids is 1. The zero-order chi connectivity index (χ0) is 22.7. The number of aromatic nitrogens is 2. The van der Waals surface area contributed by atoms with Crippen molar-refractivity contribution in [2.24, 2.45) is 14.1 Å². The molecule has 1 aromatic heterocycles. The van der Waals surface area contributed by atoms with Crippen LogP contribution in [-0.4, -0.2) is 45.4 Å². The average molecular weight is 430 g/mol. The monoisotopic (exact) mass is 429 g/mol. The molecule has 3 N–H and O–H groups in total. The van der Waals surface area contributed by atoms with Gasteiger partial charge in [-0.15, -0.1) is 0 Å². The Morgan fingerprint density at radius 1 is 1.00 bits per heavy atom. The third-order valence-electron chi connectivity index (χ3n) is 5.85. The van der Waals surface area contributed by atoms with E-state index in [-0.39, 0.29) is 45.9 Å². The predicted molar refractivity (Wildman–Crippen MR) is 121 cm³/mol. The first-order valence-electron chi connectivity index (χ1n) is 10.6. The molecule has 31 heavy (non-hydrogen) atoms. The Hall–Kier alpha value is -3.23. The number of rotatable bonds is 5. The number of nitrogens with zero attached hydrogens (tertiary/aromatic N) is 3. The molecule has 0 aliphatic heterocycles. The number of hydrogen-bond donors (Lipinski definition) is 3. The van der Waals surface area contributed by atoms with Crippen molar-refractivity contribution in [3.05, 3.63) is 44.5 Å². The Morgan fingerprint density at radius 3 is 2.16 bits per heavy atom. The minimum absolute atomic E-state index is 0.0552. The van der Waals surface area contributed by atoms with Crippen LogP contribution in [0.5, 0.6) is 5.75 Å². The van der Waals surface area contributed by atoms with E-state index < -0.39 is 5.56 Å². The summed E-state index contributed by atoms with van der Waals surface area (Å²) in [5.74, 6) is -0.640. The molecule has 1 amide bonds. The molecular formula is C22H31N5O4. The molecule has 1 fully saturated rings. The highest BCUT2D eigenvalue weighted by molar-refractivity contribution is 5.98. The zero-order valence-electron chi connectivity index (χ0n) is 18.6. The first-order valence-corrected chi connectivity index (χ1v) is 10.6. The minimum atomic E-state index is -0.415. The van der Waals surface area contributed by atoms with Crippen molar-refractivity contribution in [2.75, 3.05) is 24.7 Å². The number of aromatic hydroxyl groups is 1. The maximum Gasteiger partial charge on any atom is 0.290 e. The summed E-state index contributed by atoms with van der Waals surface area (Å²) in [6.07, 6.45) is 6.32. The van der Waals surface area contributed by atoms with E-state index in [0.717, 1.165) is 25.7 Å². The Morgan fingerprint density at radius 2 is 1.58 bits per heavy atom. The van der Waals surface area contributed by atoms with Gasteiger partial charge >= 0.3 is 0 Å². The van der Waals surface area contributed by atoms with Crippen molar-refractivity contribution < 1.29 is 9.90 Å². The van der Waals surface area contributed by atoms with Gasteiger partial charge in [-0.3, -0.25) is 14.4 Å². The second kappa shape index (κ2) is 9.28. The number of phenolic OH excluding ortho intramolecular Hbond substituents is 1. The lowest BCUT2D eigenvalue weighted by Crippen LogP contribution is -2.39. The zero-order valence-corrected chi connectivity index (χ0v) is 18.6. The number of phenols is 1. The van der Waals surface area contributed by atoms with Gasteiger partial charge in [0.05, 0.1) is 11.3 Å². The number of anilines is 3. The third-order valence-corrected chi connectivity index (χ3v) is 5.85. The molecule has 1 aliphatic rings. The molecule has 9 nitrogen and oxygen atoms in total. The second-order valence-electron chi connectivity index (χ2n) is 8.27. The van der Waals surface area contributed by atoms with Crippen LogP contribution >= 0.6 is 0 Å². The first-order chi connectivity index (χ1) is 14.7. The summed E-state index contributed by atoms with van der Waals surface area (Å²) >= 11 is 0. The van der Waals surface area contributed by atoms with Gasteiger partial charge in [-0.25, -0.2) is 9.36 Å². The lowest BCUT2D eigenvalue weighted by molar-refractivity contribution is 0.0824. The average Bonchev–Trinajstić information content (AvgIpc) is 3.02. The normalized spacial score (nSPS) is 14.7. The molecule has 1 aromatic carbocycles. The van der Waals surface area contributed by atoms with Crippen molar-refractivity contribution in [1.29, 1.82) is 0 Å². The molecular weight excluding hydrogens is 398 g/mol. The molecule has 9 heteroatoms. The van der Waals surface area contributed by atoms with Crippen molar-refractivity contribution in [3.63, 3.8) is 0 Å². The standard InChI is InChI=1S/C22H31N5O4/c1-25(2)20(29)15-12-9-13-16(19(15)28)24-18-17(21(30)26(3)27(4)22(18)31)23-14-10-7-5-6-8-11-14/h9,12-14,23-24,28H,5-8,10-11H2,1-4H3. The van der Waals surface area contributed by atoms with Crippen molar-refractivity contribution in [3.8, 4) is 5.75 Å². The van der Waals surface area contributed by atoms with Crippen LogP contribution in [0.2, 0.25) is 0 Å². The van der Waals surface area contributed by atoms with Crippen LogP contribution in [0, 0.1) is 0 Å². The number of benzene rings is 1. The smallest absolute Gasteiger partial charge is 0.290 e. The quantitative estimate of drug-likeness (QED) is 0.497. The summed E-state index contributed by atoms with van der Waals surface area (Å²) in [4.78, 5) is 39.8. The van der Waals surface area contributed by atoms with Gasteiger partial charge in [-0.05, 0) is 25.0 Å². The van der Waals surface area contributed by atoms with E-state index in [4.69, 9.17) is 0 Å². The van der Waals surface area contributed by atoms with Gasteiger partial charge in [0.2, 0.25) is 0 Å². The number of amides is 1. The lowest BCUT2D eigenvalue weighted by Gasteiger charge is -2.22. The Kier molecular flexibility index (Phi) is 6.72. The SMILES string of the molecule is CN(C)C(=O)c1cccc(Nc2c(NC3CCCCCC3)c(=O)n(C)n(C)c2=O)c1O. The van der Waals surface area contributed by atoms with E-state index in [0.29, 0.717) is 0 Å². The number of nitrogens with one attached hydrogen (secondary N) is 2. The van der Waals surface area contributed by atoms with Crippen molar-refractivity contribution >= 4 is 23.0 Å². The fourth-order valence-corrected chi connectivity index (χ4v) is 3.88. The van der Waals surface area contributed by atoms with Crippen LogP contribution in [0.3, 0.4) is 0 Å². The number of carbonyl (C=O) groups is 1. The molecule has 1 aliphatic carbocycles. The van der Waals surface area contributed by atoms with Gasteiger partial charge in [-0.2, -0.15) is 0 Å². The molecule has 0 radical (unpaired) electrons. The summed E-state index contributed by atoms with van der Waals surface area (Å²) in [5.41, 5.74) is -0.229. The van der Waals surface area contributed by atoms with E-state index in [1.54, 1.807) is 33.3 Å². The molecule has 0 spiro atoms. The van der Waals surface area contributed by atoms with Crippen molar-refractivity contribution in [2.45, 2.75) is 44.6 Å². The fraction of sp³-hybridized carbons (Fsp3) is 0.500. The molecule has 0 atom stereocenters. The molecule has 168 valence electrons. The number of para-hydroxylation sites is 1. The molecule has 0 unspecified atom stereocenters. The molecule has 0 bridgehead atoms. The molecule has 0 saturated heterocycles. The highest BCUT2D eigenvalue weighted by Crippen LogP contribution is 2.32. The molecule has 3 rings (SSSR count). The summed E-state index contributed by atoms with van der Waals surface area (Å²) in [7, 11) is 6.23. The summed E-state index contributed by atoms with van der Waals surface area (Å²) in [5, 5.41) is 16.9. The predicted octanol–water partition coefficient (Wildman–Crippen LogP) is 2.37. The Labute approximate surface area is 181 Å². The highest BCUT2D eigenvalue weighted by atomic mass is 16.3. The van der Waals surface area contributed by atoms with Crippen LogP contribution in [-0.2, 0) is 14.1 Å². The van der Waals surface area contributed by atoms with E-state index in [1.807, 2.05) is 0 Å². The molecule has 1 heterocycles. The summed E-state index contributed by atoms with van der Waals surface area (Å²) in [6.45, 7) is 0. The van der Waals surface area contributed by atoms with Gasteiger partial charge in [0.25, 0.3) is 17.0 Å². The molecule has 1 saturated carbocycles. The van der Waals surface area contributed by atoms with Crippen LogP contribution < -0.4 is 21.8 Å². The number of hydrogen-bond acceptors (Lipinski definition) is 6. The van der Waals surface area contributed by atoms with Crippen LogP contribution in [0.4, 0.5) is 17.1 Å². The summed E-state index contributed by atoms with van der Waals surface area (Å²) < 4.78 is 2.48. The topological polar surface area (TPSA) is 109 Å². The van der Waals surface area contributed by atoms with Crippen LogP contribution in [0.25, 0.3) is 0 Å². The van der Waals surface area contributed by atoms with E-state index in [2.05, 4.69) is 10.6 Å². The van der Waals surface area contributed by atoms with Crippen LogP contribution in [0.15, 0.2) is 27.8 Å². The largest absolute Gasteiger partial charge is 0.505 e. The second-order valence-corrected chi connectivity index (χ2v) is 8.27. The van der Waals surface area contributed by atoms with E-state index in [1.165, 1.54) is 40.2 Å². The maximum atomic E-state index is 13.1. The first kappa shape index (κ1) is 22.5. The van der Waals surface area contributed by atoms with Crippen molar-refractivity contribution in [1.82, 2.24) is 14.3 Å². The van der Waals surface area contributed by atoms with E-state index >= 15 is 0 Å². The van der Waals surface area contributed by atoms with Gasteiger partial charge < -0.3 is 20.6 Å². The minimum Gasteiger partial charge on any atom is -0.505 e. The van der Waals surface area contributed by atoms with Gasteiger partial charge in [-0.1, -0.05) is 31.7 Å². The summed E-state index contributed by atoms with van der Waals surface area (Å²) in [6, 6.07) is 4.78. The fourth-order valence-electron chi connectivity index (χ4n) is 3.88. The van der Waals surface area contributed by atoms with Gasteiger partial charge in [0, 0.05) is 34.2 Å².